The van der Waals surface area contributed by atoms with E-state index in [2.05, 4.69) is 27.7 Å². The Bertz CT molecular complexity index is 1080. The van der Waals surface area contributed by atoms with Crippen LogP contribution >= 0.6 is 0 Å². The first-order valence-electron chi connectivity index (χ1n) is 12.0. The molecular weight excluding hydrogens is 415 g/mol. The van der Waals surface area contributed by atoms with Crippen molar-refractivity contribution in [1.29, 1.82) is 0 Å². The van der Waals surface area contributed by atoms with Gasteiger partial charge in [0, 0.05) is 5.39 Å². The largest absolute Gasteiger partial charge is 0.494 e. The monoisotopic (exact) mass is 448 g/mol. The molecule has 0 atom stereocenters. The van der Waals surface area contributed by atoms with E-state index in [1.807, 2.05) is 50.2 Å². The van der Waals surface area contributed by atoms with Crippen LogP contribution in [0.4, 0.5) is 0 Å². The maximum Gasteiger partial charge on any atom is 0.494 e. The van der Waals surface area contributed by atoms with Crippen molar-refractivity contribution < 1.29 is 23.3 Å². The average molecular weight is 448 g/mol. The van der Waals surface area contributed by atoms with Gasteiger partial charge in [-0.1, -0.05) is 58.0 Å². The molecule has 1 aromatic heterocycles. The molecule has 6 heteroatoms. The van der Waals surface area contributed by atoms with E-state index in [9.17, 15) is 4.79 Å². The summed E-state index contributed by atoms with van der Waals surface area (Å²) < 4.78 is 24.7. The van der Waals surface area contributed by atoms with Gasteiger partial charge >= 0.3 is 13.1 Å². The van der Waals surface area contributed by atoms with Crippen LogP contribution in [0.3, 0.4) is 0 Å². The van der Waals surface area contributed by atoms with Gasteiger partial charge in [-0.2, -0.15) is 0 Å². The number of carbonyl (C=O) groups excluding carboxylic acids is 1. The highest BCUT2D eigenvalue weighted by atomic mass is 16.7. The van der Waals surface area contributed by atoms with Crippen LogP contribution in [0.25, 0.3) is 11.0 Å². The molecule has 1 saturated heterocycles. The van der Waals surface area contributed by atoms with E-state index in [0.717, 1.165) is 47.7 Å². The summed E-state index contributed by atoms with van der Waals surface area (Å²) in [6.45, 7) is 12.6. The van der Waals surface area contributed by atoms with Crippen LogP contribution < -0.4 is 10.2 Å². The molecule has 1 fully saturated rings. The molecule has 4 rings (SSSR count). The summed E-state index contributed by atoms with van der Waals surface area (Å²) in [6.07, 6.45) is 3.58. The number of aryl methyl sites for hydroxylation is 2. The van der Waals surface area contributed by atoms with Gasteiger partial charge in [0.05, 0.1) is 11.2 Å². The molecular formula is C27H33BO5. The van der Waals surface area contributed by atoms with Gasteiger partial charge in [-0.25, -0.2) is 4.79 Å². The molecule has 0 bridgehead atoms. The van der Waals surface area contributed by atoms with Crippen LogP contribution in [0.5, 0.6) is 5.75 Å². The molecule has 0 N–H and O–H groups in total. The van der Waals surface area contributed by atoms with Gasteiger partial charge in [0.1, 0.15) is 11.3 Å². The zero-order valence-corrected chi connectivity index (χ0v) is 20.5. The lowest BCUT2D eigenvalue weighted by atomic mass is 9.75. The third-order valence-corrected chi connectivity index (χ3v) is 7.36. The van der Waals surface area contributed by atoms with Crippen molar-refractivity contribution >= 4 is 29.5 Å². The number of ether oxygens (including phenoxy) is 1. The third kappa shape index (κ3) is 3.89. The fraction of sp³-hybridized carbons (Fsp3) is 0.444. The topological polar surface area (TPSA) is 57.9 Å². The second-order valence-corrected chi connectivity index (χ2v) is 8.99. The number of fused-ring (bicyclic) bond motifs is 1. The fourth-order valence-electron chi connectivity index (χ4n) is 5.41. The highest BCUT2D eigenvalue weighted by Crippen LogP contribution is 2.47. The van der Waals surface area contributed by atoms with Gasteiger partial charge in [0.25, 0.3) is 0 Å². The lowest BCUT2D eigenvalue weighted by Gasteiger charge is -2.42. The highest BCUT2D eigenvalue weighted by molar-refractivity contribution is 6.62. The number of carbonyl (C=O) groups is 1. The summed E-state index contributed by atoms with van der Waals surface area (Å²) in [5.41, 5.74) is 2.69. The number of rotatable bonds is 7. The molecule has 5 nitrogen and oxygen atoms in total. The molecule has 3 aromatic rings. The van der Waals surface area contributed by atoms with E-state index in [1.165, 1.54) is 0 Å². The minimum atomic E-state index is -0.509. The first kappa shape index (κ1) is 23.6. The molecule has 1 aliphatic rings. The molecule has 2 heterocycles. The van der Waals surface area contributed by atoms with Crippen LogP contribution in [0.15, 0.2) is 46.9 Å². The number of hydrogen-bond acceptors (Lipinski definition) is 5. The predicted octanol–water partition coefficient (Wildman–Crippen LogP) is 6.13. The normalized spacial score (nSPS) is 17.0. The van der Waals surface area contributed by atoms with Crippen LogP contribution in [0, 0.1) is 13.8 Å². The number of esters is 1. The minimum absolute atomic E-state index is 0.188. The number of hydrogen-bond donors (Lipinski definition) is 0. The Morgan fingerprint density at radius 2 is 1.42 bits per heavy atom. The lowest BCUT2D eigenvalue weighted by Crippen LogP contribution is -2.50. The van der Waals surface area contributed by atoms with Crippen molar-refractivity contribution in [2.75, 3.05) is 0 Å². The third-order valence-electron chi connectivity index (χ3n) is 7.36. The summed E-state index contributed by atoms with van der Waals surface area (Å²) in [4.78, 5) is 12.8. The first-order valence-corrected chi connectivity index (χ1v) is 12.0. The van der Waals surface area contributed by atoms with E-state index >= 15 is 0 Å². The molecule has 33 heavy (non-hydrogen) atoms. The van der Waals surface area contributed by atoms with Crippen LogP contribution in [0.2, 0.25) is 0 Å². The van der Waals surface area contributed by atoms with Gasteiger partial charge in [0.15, 0.2) is 0 Å². The Kier molecular flexibility index (Phi) is 6.43. The van der Waals surface area contributed by atoms with Crippen molar-refractivity contribution in [2.24, 2.45) is 0 Å². The molecule has 0 saturated carbocycles. The quantitative estimate of drug-likeness (QED) is 0.247. The zero-order valence-electron chi connectivity index (χ0n) is 20.5. The van der Waals surface area contributed by atoms with Gasteiger partial charge in [0.2, 0.25) is 5.76 Å². The second kappa shape index (κ2) is 9.00. The van der Waals surface area contributed by atoms with Crippen molar-refractivity contribution in [3.8, 4) is 5.75 Å². The summed E-state index contributed by atoms with van der Waals surface area (Å²) in [7, 11) is -0.442. The Morgan fingerprint density at radius 3 is 1.94 bits per heavy atom. The molecule has 174 valence electrons. The Morgan fingerprint density at radius 1 is 0.879 bits per heavy atom. The van der Waals surface area contributed by atoms with E-state index in [4.69, 9.17) is 18.5 Å². The highest BCUT2D eigenvalue weighted by Gasteiger charge is 2.58. The zero-order chi connectivity index (χ0) is 23.8. The number of para-hydroxylation sites is 1. The molecule has 2 aromatic carbocycles. The SMILES string of the molecule is CCC1(CC)OB(c2cc(C)c(OC(=O)c3cc4ccccc4o3)c(C)c2)OC1(CC)CC. The van der Waals surface area contributed by atoms with E-state index in [1.54, 1.807) is 6.07 Å². The van der Waals surface area contributed by atoms with Gasteiger partial charge in [-0.15, -0.1) is 0 Å². The van der Waals surface area contributed by atoms with Crippen molar-refractivity contribution in [3.63, 3.8) is 0 Å². The smallest absolute Gasteiger partial charge is 0.449 e. The van der Waals surface area contributed by atoms with E-state index in [0.29, 0.717) is 11.3 Å². The van der Waals surface area contributed by atoms with Crippen LogP contribution in [0.1, 0.15) is 75.1 Å². The van der Waals surface area contributed by atoms with Gasteiger partial charge in [-0.3, -0.25) is 0 Å². The summed E-state index contributed by atoms with van der Waals surface area (Å²) in [5.74, 6) is 0.218. The summed E-state index contributed by atoms with van der Waals surface area (Å²) in [5, 5.41) is 0.870. The Balaban J connectivity index is 1.60. The first-order chi connectivity index (χ1) is 15.8. The maximum absolute atomic E-state index is 12.8. The molecule has 0 amide bonds. The van der Waals surface area contributed by atoms with E-state index < -0.39 is 13.1 Å². The summed E-state index contributed by atoms with van der Waals surface area (Å²) >= 11 is 0. The lowest BCUT2D eigenvalue weighted by molar-refractivity contribution is -0.0601. The second-order valence-electron chi connectivity index (χ2n) is 8.99. The minimum Gasteiger partial charge on any atom is -0.449 e. The summed E-state index contributed by atoms with van der Waals surface area (Å²) in [6, 6.07) is 13.2. The van der Waals surface area contributed by atoms with Crippen molar-refractivity contribution in [2.45, 2.75) is 78.4 Å². The standard InChI is InChI=1S/C27H33BO5/c1-7-26(8-2)27(9-3,10-4)33-28(32-26)21-15-18(5)24(19(6)16-21)31-25(29)23-17-20-13-11-12-14-22(20)30-23/h11-17H,7-10H2,1-6H3. The molecule has 1 aliphatic heterocycles. The predicted molar refractivity (Wildman–Crippen MR) is 131 cm³/mol. The van der Waals surface area contributed by atoms with Crippen LogP contribution in [-0.4, -0.2) is 24.3 Å². The average Bonchev–Trinajstić information content (AvgIpc) is 3.41. The van der Waals surface area contributed by atoms with Gasteiger partial charge < -0.3 is 18.5 Å². The van der Waals surface area contributed by atoms with Crippen molar-refractivity contribution in [1.82, 2.24) is 0 Å². The number of benzene rings is 2. The molecule has 0 spiro atoms. The van der Waals surface area contributed by atoms with E-state index in [-0.39, 0.29) is 17.0 Å². The molecule has 0 radical (unpaired) electrons. The van der Waals surface area contributed by atoms with Gasteiger partial charge in [-0.05, 0) is 68.3 Å². The van der Waals surface area contributed by atoms with Crippen molar-refractivity contribution in [3.05, 3.63) is 59.4 Å². The van der Waals surface area contributed by atoms with Crippen LogP contribution in [-0.2, 0) is 9.31 Å². The maximum atomic E-state index is 12.8. The number of furan rings is 1. The molecule has 0 aliphatic carbocycles. The Labute approximate surface area is 196 Å². The fourth-order valence-corrected chi connectivity index (χ4v) is 5.41. The Hall–Kier alpha value is -2.57. The molecule has 0 unspecified atom stereocenters.